The molecule has 3 aromatic carbocycles. The monoisotopic (exact) mass is 485 g/mol. The largest absolute Gasteiger partial charge is 0.494 e. The normalized spacial score (nSPS) is 10.2. The molecule has 3 rings (SSSR count). The number of carbonyl (C=O) groups excluding carboxylic acids is 2. The minimum Gasteiger partial charge on any atom is -0.494 e. The fourth-order valence-corrected chi connectivity index (χ4v) is 3.16. The lowest BCUT2D eigenvalue weighted by Crippen LogP contribution is -2.21. The highest BCUT2D eigenvalue weighted by Crippen LogP contribution is 2.37. The van der Waals surface area contributed by atoms with Gasteiger partial charge >= 0.3 is 0 Å². The van der Waals surface area contributed by atoms with Crippen LogP contribution in [-0.2, 0) is 4.79 Å². The van der Waals surface area contributed by atoms with Gasteiger partial charge in [-0.15, -0.1) is 0 Å². The molecule has 0 fully saturated rings. The Balaban J connectivity index is 1.72. The van der Waals surface area contributed by atoms with Crippen LogP contribution in [0, 0.1) is 10.1 Å². The maximum absolute atomic E-state index is 12.5. The molecule has 0 saturated heterocycles. The first-order valence-electron chi connectivity index (χ1n) is 9.81. The lowest BCUT2D eigenvalue weighted by atomic mass is 10.2. The number of nitrogens with zero attached hydrogens (tertiary/aromatic N) is 1. The lowest BCUT2D eigenvalue weighted by molar-refractivity contribution is -0.384. The Kier molecular flexibility index (Phi) is 7.88. The van der Waals surface area contributed by atoms with Crippen LogP contribution in [0.5, 0.6) is 17.2 Å². The second-order valence-corrected chi connectivity index (χ2v) is 7.19. The zero-order chi connectivity index (χ0) is 24.7. The first kappa shape index (κ1) is 24.3. The molecule has 0 bridgehead atoms. The van der Waals surface area contributed by atoms with Gasteiger partial charge < -0.3 is 24.8 Å². The van der Waals surface area contributed by atoms with Crippen LogP contribution in [0.3, 0.4) is 0 Å². The number of carbonyl (C=O) groups is 2. The predicted octanol–water partition coefficient (Wildman–Crippen LogP) is 4.54. The highest BCUT2D eigenvalue weighted by molar-refractivity contribution is 6.32. The van der Waals surface area contributed by atoms with Gasteiger partial charge in [0.15, 0.2) is 6.61 Å². The first-order valence-corrected chi connectivity index (χ1v) is 10.2. The molecule has 176 valence electrons. The number of non-ortho nitro benzene ring substituents is 1. The molecule has 0 spiro atoms. The van der Waals surface area contributed by atoms with E-state index in [1.165, 1.54) is 38.5 Å². The van der Waals surface area contributed by atoms with E-state index in [4.69, 9.17) is 25.8 Å². The molecule has 34 heavy (non-hydrogen) atoms. The van der Waals surface area contributed by atoms with E-state index in [2.05, 4.69) is 10.6 Å². The van der Waals surface area contributed by atoms with Gasteiger partial charge in [-0.25, -0.2) is 0 Å². The van der Waals surface area contributed by atoms with Gasteiger partial charge in [0.25, 0.3) is 17.5 Å². The van der Waals surface area contributed by atoms with Crippen LogP contribution < -0.4 is 24.8 Å². The molecule has 0 radical (unpaired) electrons. The summed E-state index contributed by atoms with van der Waals surface area (Å²) in [6.45, 7) is -0.421. The van der Waals surface area contributed by atoms with E-state index in [0.717, 1.165) is 6.07 Å². The number of methoxy groups -OCH3 is 2. The number of rotatable bonds is 9. The molecule has 11 heteroatoms. The number of halogens is 1. The van der Waals surface area contributed by atoms with Crippen molar-refractivity contribution >= 4 is 40.5 Å². The van der Waals surface area contributed by atoms with Crippen LogP contribution in [0.1, 0.15) is 10.4 Å². The van der Waals surface area contributed by atoms with Crippen LogP contribution >= 0.6 is 11.6 Å². The van der Waals surface area contributed by atoms with E-state index < -0.39 is 17.4 Å². The van der Waals surface area contributed by atoms with E-state index >= 15 is 0 Å². The zero-order valence-electron chi connectivity index (χ0n) is 18.2. The number of hydrogen-bond donors (Lipinski definition) is 2. The highest BCUT2D eigenvalue weighted by Gasteiger charge is 2.17. The summed E-state index contributed by atoms with van der Waals surface area (Å²) < 4.78 is 16.1. The number of nitro groups is 1. The molecular formula is C23H20ClN3O7. The van der Waals surface area contributed by atoms with Gasteiger partial charge in [-0.3, -0.25) is 19.7 Å². The molecule has 2 N–H and O–H groups in total. The third-order valence-corrected chi connectivity index (χ3v) is 4.86. The maximum Gasteiger partial charge on any atom is 0.271 e. The molecule has 2 amide bonds. The van der Waals surface area contributed by atoms with E-state index in [0.29, 0.717) is 17.0 Å². The Morgan fingerprint density at radius 2 is 1.53 bits per heavy atom. The van der Waals surface area contributed by atoms with Crippen molar-refractivity contribution in [3.05, 3.63) is 81.4 Å². The van der Waals surface area contributed by atoms with Crippen LogP contribution in [0.2, 0.25) is 5.02 Å². The second-order valence-electron chi connectivity index (χ2n) is 6.78. The van der Waals surface area contributed by atoms with E-state index in [9.17, 15) is 19.7 Å². The van der Waals surface area contributed by atoms with Gasteiger partial charge in [-0.2, -0.15) is 0 Å². The highest BCUT2D eigenvalue weighted by atomic mass is 35.5. The molecule has 0 aliphatic heterocycles. The third kappa shape index (κ3) is 5.93. The minimum absolute atomic E-state index is 0.000222. The summed E-state index contributed by atoms with van der Waals surface area (Å²) in [6.07, 6.45) is 0. The molecule has 0 aromatic heterocycles. The Morgan fingerprint density at radius 1 is 0.912 bits per heavy atom. The number of anilines is 2. The van der Waals surface area contributed by atoms with Gasteiger partial charge in [-0.05, 0) is 18.2 Å². The van der Waals surface area contributed by atoms with Crippen molar-refractivity contribution in [3.63, 3.8) is 0 Å². The first-order chi connectivity index (χ1) is 16.3. The molecule has 0 atom stereocenters. The zero-order valence-corrected chi connectivity index (χ0v) is 18.9. The average Bonchev–Trinajstić information content (AvgIpc) is 2.84. The van der Waals surface area contributed by atoms with Crippen LogP contribution in [0.25, 0.3) is 0 Å². The Morgan fingerprint density at radius 3 is 2.09 bits per heavy atom. The molecule has 0 aliphatic rings. The lowest BCUT2D eigenvalue weighted by Gasteiger charge is -2.16. The smallest absolute Gasteiger partial charge is 0.271 e. The number of benzene rings is 3. The molecule has 10 nitrogen and oxygen atoms in total. The van der Waals surface area contributed by atoms with E-state index in [1.807, 2.05) is 0 Å². The van der Waals surface area contributed by atoms with Crippen molar-refractivity contribution in [2.75, 3.05) is 31.5 Å². The fourth-order valence-electron chi connectivity index (χ4n) is 2.93. The van der Waals surface area contributed by atoms with Gasteiger partial charge in [0, 0.05) is 29.8 Å². The molecule has 0 heterocycles. The van der Waals surface area contributed by atoms with Gasteiger partial charge in [0.05, 0.1) is 35.5 Å². The summed E-state index contributed by atoms with van der Waals surface area (Å²) >= 11 is 5.98. The number of nitro benzene ring substituents is 1. The van der Waals surface area contributed by atoms with Crippen molar-refractivity contribution in [3.8, 4) is 17.2 Å². The van der Waals surface area contributed by atoms with Gasteiger partial charge in [0.1, 0.15) is 17.2 Å². The van der Waals surface area contributed by atoms with Gasteiger partial charge in [0.2, 0.25) is 0 Å². The van der Waals surface area contributed by atoms with E-state index in [-0.39, 0.29) is 33.8 Å². The van der Waals surface area contributed by atoms with E-state index in [1.54, 1.807) is 30.3 Å². The Labute approximate surface area is 199 Å². The summed E-state index contributed by atoms with van der Waals surface area (Å²) in [5.41, 5.74) is 0.890. The molecule has 3 aromatic rings. The number of nitrogens with one attached hydrogen (secondary N) is 2. The summed E-state index contributed by atoms with van der Waals surface area (Å²) in [6, 6.07) is 15.3. The predicted molar refractivity (Wildman–Crippen MR) is 126 cm³/mol. The Bertz CT molecular complexity index is 1220. The Hall–Kier alpha value is -4.31. The molecule has 0 saturated carbocycles. The third-order valence-electron chi connectivity index (χ3n) is 4.56. The van der Waals surface area contributed by atoms with Crippen molar-refractivity contribution in [2.45, 2.75) is 0 Å². The van der Waals surface area contributed by atoms with Crippen molar-refractivity contribution in [2.24, 2.45) is 0 Å². The number of hydrogen-bond acceptors (Lipinski definition) is 7. The quantitative estimate of drug-likeness (QED) is 0.336. The summed E-state index contributed by atoms with van der Waals surface area (Å²) in [4.78, 5) is 35.2. The van der Waals surface area contributed by atoms with Crippen LogP contribution in [0.15, 0.2) is 60.7 Å². The minimum atomic E-state index is -0.589. The second kappa shape index (κ2) is 11.0. The molecule has 0 aliphatic carbocycles. The average molecular weight is 486 g/mol. The fraction of sp³-hybridized carbons (Fsp3) is 0.130. The number of amides is 2. The summed E-state index contributed by atoms with van der Waals surface area (Å²) in [7, 11) is 2.83. The van der Waals surface area contributed by atoms with Crippen molar-refractivity contribution in [1.82, 2.24) is 0 Å². The van der Waals surface area contributed by atoms with Crippen LogP contribution in [-0.4, -0.2) is 37.6 Å². The standard InChI is InChI=1S/C23H20ClN3O7/c1-32-20-12-18(26-23(29)14-6-4-3-5-7-14)21(33-2)11-17(20)25-22(28)13-34-19-9-8-15(27(30)31)10-16(19)24/h3-12H,13H2,1-2H3,(H,25,28)(H,26,29). The SMILES string of the molecule is COc1cc(NC(=O)c2ccccc2)c(OC)cc1NC(=O)COc1ccc([N+](=O)[O-])cc1Cl. The van der Waals surface area contributed by atoms with Gasteiger partial charge in [-0.1, -0.05) is 29.8 Å². The molecular weight excluding hydrogens is 466 g/mol. The summed E-state index contributed by atoms with van der Waals surface area (Å²) in [5.74, 6) is -0.210. The maximum atomic E-state index is 12.5. The molecule has 0 unspecified atom stereocenters. The van der Waals surface area contributed by atoms with Crippen molar-refractivity contribution < 1.29 is 28.7 Å². The number of ether oxygens (including phenoxy) is 3. The van der Waals surface area contributed by atoms with Crippen molar-refractivity contribution in [1.29, 1.82) is 0 Å². The van der Waals surface area contributed by atoms with Crippen LogP contribution in [0.4, 0.5) is 17.1 Å². The summed E-state index contributed by atoms with van der Waals surface area (Å²) in [5, 5.41) is 16.2. The topological polar surface area (TPSA) is 129 Å².